The molecule has 0 aliphatic carbocycles. The number of hydrogen-bond donors (Lipinski definition) is 2. The van der Waals surface area contributed by atoms with Gasteiger partial charge < -0.3 is 10.6 Å². The van der Waals surface area contributed by atoms with Crippen LogP contribution in [0.15, 0.2) is 24.3 Å². The monoisotopic (exact) mass is 358 g/mol. The van der Waals surface area contributed by atoms with Crippen molar-refractivity contribution < 1.29 is 9.59 Å². The molecule has 7 heteroatoms. The lowest BCUT2D eigenvalue weighted by atomic mass is 10.0. The average molecular weight is 358 g/mol. The number of aromatic nitrogens is 2. The zero-order valence-corrected chi connectivity index (χ0v) is 15.4. The van der Waals surface area contributed by atoms with Crippen LogP contribution in [0.4, 0.5) is 5.82 Å². The highest BCUT2D eigenvalue weighted by atomic mass is 32.2. The number of hydrogen-bond acceptors (Lipinski definition) is 4. The van der Waals surface area contributed by atoms with E-state index >= 15 is 0 Å². The Balaban J connectivity index is 1.99. The normalized spacial score (nSPS) is 16.3. The molecule has 3 rings (SSSR count). The average Bonchev–Trinajstić information content (AvgIpc) is 2.87. The Labute approximate surface area is 151 Å². The lowest BCUT2D eigenvalue weighted by molar-refractivity contribution is -0.113. The summed E-state index contributed by atoms with van der Waals surface area (Å²) in [5, 5.41) is 10.3. The minimum Gasteiger partial charge on any atom is -0.349 e. The summed E-state index contributed by atoms with van der Waals surface area (Å²) in [4.78, 5) is 24.4. The summed E-state index contributed by atoms with van der Waals surface area (Å²) in [5.41, 5.74) is 3.68. The fourth-order valence-electron chi connectivity index (χ4n) is 3.05. The van der Waals surface area contributed by atoms with Crippen molar-refractivity contribution in [3.63, 3.8) is 0 Å². The molecule has 2 heterocycles. The van der Waals surface area contributed by atoms with Crippen molar-refractivity contribution in [3.8, 4) is 0 Å². The van der Waals surface area contributed by atoms with Gasteiger partial charge in [-0.25, -0.2) is 0 Å². The van der Waals surface area contributed by atoms with Crippen LogP contribution in [0.5, 0.6) is 0 Å². The Bertz CT molecular complexity index is 815. The summed E-state index contributed by atoms with van der Waals surface area (Å²) >= 11 is 1.43. The molecule has 0 spiro atoms. The molecule has 25 heavy (non-hydrogen) atoms. The van der Waals surface area contributed by atoms with Crippen molar-refractivity contribution in [2.24, 2.45) is 0 Å². The molecule has 0 fully saturated rings. The summed E-state index contributed by atoms with van der Waals surface area (Å²) in [6, 6.07) is 8.15. The quantitative estimate of drug-likeness (QED) is 0.859. The SMILES string of the molecule is CSCC(=O)Nc1nn(Cc2ccccc2C)c2c1C(=O)N[C@@H](C)C2. The predicted octanol–water partition coefficient (Wildman–Crippen LogP) is 2.22. The van der Waals surface area contributed by atoms with Crippen LogP contribution in [0.2, 0.25) is 0 Å². The minimum atomic E-state index is -0.177. The number of anilines is 1. The Morgan fingerprint density at radius 1 is 1.44 bits per heavy atom. The van der Waals surface area contributed by atoms with Crippen LogP contribution in [-0.2, 0) is 17.8 Å². The second-order valence-corrected chi connectivity index (χ2v) is 7.18. The molecule has 1 aromatic heterocycles. The van der Waals surface area contributed by atoms with Gasteiger partial charge in [-0.1, -0.05) is 24.3 Å². The van der Waals surface area contributed by atoms with Gasteiger partial charge in [-0.15, -0.1) is 0 Å². The number of nitrogens with zero attached hydrogens (tertiary/aromatic N) is 2. The third-order valence-corrected chi connectivity index (χ3v) is 4.83. The van der Waals surface area contributed by atoms with Crippen molar-refractivity contribution in [1.29, 1.82) is 0 Å². The molecule has 1 aliphatic heterocycles. The van der Waals surface area contributed by atoms with Crippen LogP contribution in [-0.4, -0.2) is 39.6 Å². The third-order valence-electron chi connectivity index (χ3n) is 4.28. The molecule has 0 radical (unpaired) electrons. The maximum absolute atomic E-state index is 12.5. The van der Waals surface area contributed by atoms with E-state index in [4.69, 9.17) is 0 Å². The molecule has 6 nitrogen and oxygen atoms in total. The first-order chi connectivity index (χ1) is 12.0. The zero-order valence-electron chi connectivity index (χ0n) is 14.6. The molecule has 1 aromatic carbocycles. The van der Waals surface area contributed by atoms with Crippen LogP contribution in [0.3, 0.4) is 0 Å². The Hall–Kier alpha value is -2.28. The largest absolute Gasteiger partial charge is 0.349 e. The summed E-state index contributed by atoms with van der Waals surface area (Å²) in [6.07, 6.45) is 2.55. The fourth-order valence-corrected chi connectivity index (χ4v) is 3.38. The first kappa shape index (κ1) is 17.5. The summed E-state index contributed by atoms with van der Waals surface area (Å²) in [5.74, 6) is 0.357. The number of carbonyl (C=O) groups is 2. The number of benzene rings is 1. The summed E-state index contributed by atoms with van der Waals surface area (Å²) < 4.78 is 1.85. The van der Waals surface area contributed by atoms with E-state index in [2.05, 4.69) is 34.8 Å². The molecule has 1 aliphatic rings. The van der Waals surface area contributed by atoms with Crippen molar-refractivity contribution in [3.05, 3.63) is 46.6 Å². The van der Waals surface area contributed by atoms with Crippen LogP contribution < -0.4 is 10.6 Å². The predicted molar refractivity (Wildman–Crippen MR) is 100 cm³/mol. The number of aryl methyl sites for hydroxylation is 1. The second-order valence-electron chi connectivity index (χ2n) is 6.31. The van der Waals surface area contributed by atoms with E-state index in [-0.39, 0.29) is 17.9 Å². The zero-order chi connectivity index (χ0) is 18.0. The topological polar surface area (TPSA) is 76.0 Å². The van der Waals surface area contributed by atoms with Crippen LogP contribution >= 0.6 is 11.8 Å². The van der Waals surface area contributed by atoms with Gasteiger partial charge in [0.05, 0.1) is 18.0 Å². The van der Waals surface area contributed by atoms with Gasteiger partial charge in [-0.05, 0) is 31.2 Å². The maximum Gasteiger partial charge on any atom is 0.257 e. The first-order valence-electron chi connectivity index (χ1n) is 8.23. The van der Waals surface area contributed by atoms with Crippen LogP contribution in [0, 0.1) is 6.92 Å². The molecule has 0 bridgehead atoms. The van der Waals surface area contributed by atoms with Gasteiger partial charge in [-0.3, -0.25) is 14.3 Å². The van der Waals surface area contributed by atoms with E-state index in [1.807, 2.05) is 30.0 Å². The fraction of sp³-hybridized carbons (Fsp3) is 0.389. The molecule has 1 atom stereocenters. The highest BCUT2D eigenvalue weighted by Crippen LogP contribution is 2.26. The van der Waals surface area contributed by atoms with E-state index in [9.17, 15) is 9.59 Å². The van der Waals surface area contributed by atoms with Gasteiger partial charge in [0.25, 0.3) is 5.91 Å². The molecule has 0 unspecified atom stereocenters. The van der Waals surface area contributed by atoms with Crippen molar-refractivity contribution in [1.82, 2.24) is 15.1 Å². The molecule has 0 saturated heterocycles. The highest BCUT2D eigenvalue weighted by molar-refractivity contribution is 7.99. The molecular weight excluding hydrogens is 336 g/mol. The third kappa shape index (κ3) is 3.71. The second kappa shape index (κ2) is 7.31. The molecular formula is C18H22N4O2S. The number of carbonyl (C=O) groups excluding carboxylic acids is 2. The van der Waals surface area contributed by atoms with Gasteiger partial charge in [0.15, 0.2) is 5.82 Å². The number of nitrogens with one attached hydrogen (secondary N) is 2. The maximum atomic E-state index is 12.5. The van der Waals surface area contributed by atoms with Crippen molar-refractivity contribution in [2.45, 2.75) is 32.9 Å². The van der Waals surface area contributed by atoms with Gasteiger partial charge in [-0.2, -0.15) is 16.9 Å². The smallest absolute Gasteiger partial charge is 0.257 e. The summed E-state index contributed by atoms with van der Waals surface area (Å²) in [7, 11) is 0. The summed E-state index contributed by atoms with van der Waals surface area (Å²) in [6.45, 7) is 4.60. The van der Waals surface area contributed by atoms with Gasteiger partial charge in [0.1, 0.15) is 5.56 Å². The Kier molecular flexibility index (Phi) is 5.13. The number of amides is 2. The lowest BCUT2D eigenvalue weighted by Gasteiger charge is -2.21. The van der Waals surface area contributed by atoms with Crippen LogP contribution in [0.1, 0.15) is 34.1 Å². The molecule has 2 aromatic rings. The van der Waals surface area contributed by atoms with Gasteiger partial charge in [0.2, 0.25) is 5.91 Å². The van der Waals surface area contributed by atoms with Crippen LogP contribution in [0.25, 0.3) is 0 Å². The Morgan fingerprint density at radius 2 is 2.20 bits per heavy atom. The Morgan fingerprint density at radius 3 is 2.92 bits per heavy atom. The number of rotatable bonds is 5. The molecule has 2 N–H and O–H groups in total. The van der Waals surface area contributed by atoms with E-state index < -0.39 is 0 Å². The van der Waals surface area contributed by atoms with E-state index in [1.165, 1.54) is 17.3 Å². The lowest BCUT2D eigenvalue weighted by Crippen LogP contribution is -2.40. The van der Waals surface area contributed by atoms with Crippen molar-refractivity contribution in [2.75, 3.05) is 17.3 Å². The number of thioether (sulfide) groups is 1. The number of fused-ring (bicyclic) bond motifs is 1. The highest BCUT2D eigenvalue weighted by Gasteiger charge is 2.30. The van der Waals surface area contributed by atoms with Crippen molar-refractivity contribution >= 4 is 29.4 Å². The standard InChI is InChI=1S/C18H22N4O2S/c1-11-6-4-5-7-13(11)9-22-14-8-12(2)19-18(24)16(14)17(21-22)20-15(23)10-25-3/h4-7,12H,8-10H2,1-3H3,(H,19,24)(H,20,21,23)/t12-/m0/s1. The van der Waals surface area contributed by atoms with E-state index in [1.54, 1.807) is 0 Å². The molecule has 132 valence electrons. The minimum absolute atomic E-state index is 0.0436. The molecule has 2 amide bonds. The first-order valence-corrected chi connectivity index (χ1v) is 9.62. The van der Waals surface area contributed by atoms with E-state index in [0.717, 1.165) is 11.3 Å². The van der Waals surface area contributed by atoms with Gasteiger partial charge in [0, 0.05) is 12.5 Å². The van der Waals surface area contributed by atoms with Gasteiger partial charge >= 0.3 is 0 Å². The molecule has 0 saturated carbocycles. The van der Waals surface area contributed by atoms with E-state index in [0.29, 0.717) is 30.1 Å².